The van der Waals surface area contributed by atoms with Crippen LogP contribution in [-0.4, -0.2) is 12.6 Å². The molecule has 0 saturated carbocycles. The van der Waals surface area contributed by atoms with Gasteiger partial charge < -0.3 is 4.74 Å². The van der Waals surface area contributed by atoms with Crippen molar-refractivity contribution in [3.05, 3.63) is 34.6 Å². The third-order valence-corrected chi connectivity index (χ3v) is 1.90. The lowest BCUT2D eigenvalue weighted by molar-refractivity contribution is 0.0520. The van der Waals surface area contributed by atoms with Crippen molar-refractivity contribution in [1.29, 1.82) is 5.26 Å². The molecule has 0 heterocycles. The number of ether oxygens (including phenoxy) is 1. The molecule has 4 heteroatoms. The van der Waals surface area contributed by atoms with Crippen molar-refractivity contribution in [2.45, 2.75) is 13.8 Å². The molecule has 0 aliphatic carbocycles. The zero-order valence-corrected chi connectivity index (χ0v) is 8.50. The Balaban J connectivity index is 3.21. The molecule has 0 fully saturated rings. The van der Waals surface area contributed by atoms with E-state index in [4.69, 9.17) is 10.00 Å². The average molecular weight is 207 g/mol. The van der Waals surface area contributed by atoms with E-state index in [2.05, 4.69) is 0 Å². The van der Waals surface area contributed by atoms with E-state index in [0.29, 0.717) is 5.56 Å². The van der Waals surface area contributed by atoms with Gasteiger partial charge in [0.1, 0.15) is 5.82 Å². The summed E-state index contributed by atoms with van der Waals surface area (Å²) in [6.07, 6.45) is 0. The van der Waals surface area contributed by atoms with E-state index < -0.39 is 11.8 Å². The molecule has 0 spiro atoms. The minimum Gasteiger partial charge on any atom is -0.462 e. The Morgan fingerprint density at radius 1 is 1.60 bits per heavy atom. The SMILES string of the molecule is CCOC(=O)c1c(C)cc(C#N)cc1F. The lowest BCUT2D eigenvalue weighted by atomic mass is 10.1. The summed E-state index contributed by atoms with van der Waals surface area (Å²) in [5, 5.41) is 8.59. The Morgan fingerprint density at radius 3 is 2.73 bits per heavy atom. The summed E-state index contributed by atoms with van der Waals surface area (Å²) in [5.41, 5.74) is 0.499. The fourth-order valence-electron chi connectivity index (χ4n) is 1.27. The predicted molar refractivity (Wildman–Crippen MR) is 51.8 cm³/mol. The summed E-state index contributed by atoms with van der Waals surface area (Å²) in [6.45, 7) is 3.41. The molecule has 0 radical (unpaired) electrons. The van der Waals surface area contributed by atoms with Crippen LogP contribution in [0, 0.1) is 24.1 Å². The monoisotopic (exact) mass is 207 g/mol. The Hall–Kier alpha value is -1.89. The molecule has 1 rings (SSSR count). The highest BCUT2D eigenvalue weighted by Gasteiger charge is 2.16. The molecule has 1 aromatic carbocycles. The molecule has 3 nitrogen and oxygen atoms in total. The third-order valence-electron chi connectivity index (χ3n) is 1.90. The van der Waals surface area contributed by atoms with Crippen LogP contribution in [0.2, 0.25) is 0 Å². The lowest BCUT2D eigenvalue weighted by Gasteiger charge is -2.06. The lowest BCUT2D eigenvalue weighted by Crippen LogP contribution is -2.09. The molecule has 78 valence electrons. The van der Waals surface area contributed by atoms with Gasteiger partial charge in [-0.1, -0.05) is 0 Å². The third kappa shape index (κ3) is 2.32. The van der Waals surface area contributed by atoms with Crippen LogP contribution in [0.3, 0.4) is 0 Å². The molecule has 0 saturated heterocycles. The van der Waals surface area contributed by atoms with Gasteiger partial charge in [0, 0.05) is 0 Å². The minimum absolute atomic E-state index is 0.101. The summed E-state index contributed by atoms with van der Waals surface area (Å²) >= 11 is 0. The average Bonchev–Trinajstić information content (AvgIpc) is 2.16. The van der Waals surface area contributed by atoms with E-state index in [1.165, 1.54) is 6.07 Å². The molecule has 0 atom stereocenters. The summed E-state index contributed by atoms with van der Waals surface area (Å²) in [4.78, 5) is 11.3. The zero-order valence-electron chi connectivity index (χ0n) is 8.50. The number of aryl methyl sites for hydroxylation is 1. The van der Waals surface area contributed by atoms with Crippen molar-refractivity contribution in [2.75, 3.05) is 6.61 Å². The first-order valence-corrected chi connectivity index (χ1v) is 4.47. The van der Waals surface area contributed by atoms with Crippen molar-refractivity contribution >= 4 is 5.97 Å². The van der Waals surface area contributed by atoms with E-state index in [0.717, 1.165) is 6.07 Å². The van der Waals surface area contributed by atoms with Gasteiger partial charge in [0.25, 0.3) is 0 Å². The predicted octanol–water partition coefficient (Wildman–Crippen LogP) is 2.18. The number of hydrogen-bond acceptors (Lipinski definition) is 3. The topological polar surface area (TPSA) is 50.1 Å². The maximum absolute atomic E-state index is 13.4. The standard InChI is InChI=1S/C11H10FNO2/c1-3-15-11(14)10-7(2)4-8(6-13)5-9(10)12/h4-5H,3H2,1-2H3. The summed E-state index contributed by atoms with van der Waals surface area (Å²) in [7, 11) is 0. The van der Waals surface area contributed by atoms with Crippen molar-refractivity contribution in [1.82, 2.24) is 0 Å². The molecular formula is C11H10FNO2. The van der Waals surface area contributed by atoms with Crippen LogP contribution in [-0.2, 0) is 4.74 Å². The fraction of sp³-hybridized carbons (Fsp3) is 0.273. The van der Waals surface area contributed by atoms with Crippen LogP contribution in [0.5, 0.6) is 0 Å². The second-order valence-corrected chi connectivity index (χ2v) is 2.98. The maximum atomic E-state index is 13.4. The highest BCUT2D eigenvalue weighted by atomic mass is 19.1. The van der Waals surface area contributed by atoms with E-state index in [9.17, 15) is 9.18 Å². The Kier molecular flexibility index (Phi) is 3.40. The van der Waals surface area contributed by atoms with Gasteiger partial charge in [0.05, 0.1) is 23.8 Å². The van der Waals surface area contributed by atoms with E-state index >= 15 is 0 Å². The number of rotatable bonds is 2. The van der Waals surface area contributed by atoms with E-state index in [1.807, 2.05) is 6.07 Å². The van der Waals surface area contributed by atoms with Crippen LogP contribution in [0.15, 0.2) is 12.1 Å². The quantitative estimate of drug-likeness (QED) is 0.698. The number of nitrogens with zero attached hydrogens (tertiary/aromatic N) is 1. The molecule has 0 bridgehead atoms. The van der Waals surface area contributed by atoms with Gasteiger partial charge >= 0.3 is 5.97 Å². The highest BCUT2D eigenvalue weighted by molar-refractivity contribution is 5.91. The first kappa shape index (κ1) is 11.2. The molecule has 0 aliphatic heterocycles. The van der Waals surface area contributed by atoms with Gasteiger partial charge in [-0.25, -0.2) is 9.18 Å². The number of esters is 1. The Labute approximate surface area is 87.1 Å². The maximum Gasteiger partial charge on any atom is 0.341 e. The largest absolute Gasteiger partial charge is 0.462 e. The number of carbonyl (C=O) groups excluding carboxylic acids is 1. The van der Waals surface area contributed by atoms with Gasteiger partial charge in [0.2, 0.25) is 0 Å². The number of benzene rings is 1. The number of carbonyl (C=O) groups is 1. The van der Waals surface area contributed by atoms with Gasteiger partial charge in [-0.3, -0.25) is 0 Å². The minimum atomic E-state index is -0.718. The molecule has 1 aromatic rings. The first-order chi connectivity index (χ1) is 7.10. The van der Waals surface area contributed by atoms with Crippen molar-refractivity contribution in [3.63, 3.8) is 0 Å². The van der Waals surface area contributed by atoms with Crippen LogP contribution >= 0.6 is 0 Å². The zero-order chi connectivity index (χ0) is 11.4. The summed E-state index contributed by atoms with van der Waals surface area (Å²) in [5.74, 6) is -1.41. The van der Waals surface area contributed by atoms with Crippen molar-refractivity contribution < 1.29 is 13.9 Å². The molecule has 0 N–H and O–H groups in total. The normalized spacial score (nSPS) is 9.47. The number of halogens is 1. The molecule has 0 amide bonds. The molecule has 0 aliphatic rings. The number of hydrogen-bond donors (Lipinski definition) is 0. The van der Waals surface area contributed by atoms with Crippen LogP contribution in [0.25, 0.3) is 0 Å². The molecule has 15 heavy (non-hydrogen) atoms. The summed E-state index contributed by atoms with van der Waals surface area (Å²) < 4.78 is 18.1. The van der Waals surface area contributed by atoms with Crippen molar-refractivity contribution in [2.24, 2.45) is 0 Å². The van der Waals surface area contributed by atoms with Crippen LogP contribution in [0.1, 0.15) is 28.4 Å². The Bertz CT molecular complexity index is 412. The smallest absolute Gasteiger partial charge is 0.341 e. The Morgan fingerprint density at radius 2 is 2.27 bits per heavy atom. The van der Waals surface area contributed by atoms with Gasteiger partial charge in [-0.2, -0.15) is 5.26 Å². The first-order valence-electron chi connectivity index (χ1n) is 4.47. The fourth-order valence-corrected chi connectivity index (χ4v) is 1.27. The summed E-state index contributed by atoms with van der Waals surface area (Å²) in [6, 6.07) is 4.30. The van der Waals surface area contributed by atoms with Gasteiger partial charge in [-0.15, -0.1) is 0 Å². The van der Waals surface area contributed by atoms with Crippen LogP contribution in [0.4, 0.5) is 4.39 Å². The molecule has 0 aromatic heterocycles. The van der Waals surface area contributed by atoms with Gasteiger partial charge in [-0.05, 0) is 31.5 Å². The molecular weight excluding hydrogens is 197 g/mol. The van der Waals surface area contributed by atoms with Crippen LogP contribution < -0.4 is 0 Å². The highest BCUT2D eigenvalue weighted by Crippen LogP contribution is 2.16. The van der Waals surface area contributed by atoms with Crippen molar-refractivity contribution in [3.8, 4) is 6.07 Å². The second-order valence-electron chi connectivity index (χ2n) is 2.98. The second kappa shape index (κ2) is 4.56. The van der Waals surface area contributed by atoms with E-state index in [-0.39, 0.29) is 17.7 Å². The molecule has 0 unspecified atom stereocenters. The van der Waals surface area contributed by atoms with Gasteiger partial charge in [0.15, 0.2) is 0 Å². The number of nitriles is 1. The van der Waals surface area contributed by atoms with E-state index in [1.54, 1.807) is 13.8 Å².